The Morgan fingerprint density at radius 3 is 2.64 bits per heavy atom. The first-order chi connectivity index (χ1) is 12.1. The van der Waals surface area contributed by atoms with Crippen LogP contribution in [0.3, 0.4) is 0 Å². The van der Waals surface area contributed by atoms with E-state index in [0.717, 1.165) is 10.6 Å². The van der Waals surface area contributed by atoms with Crippen molar-refractivity contribution >= 4 is 28.4 Å². The molecule has 0 fully saturated rings. The largest absolute Gasteiger partial charge is 0.333 e. The third-order valence-electron chi connectivity index (χ3n) is 4.30. The molecular weight excluding hydrogens is 336 g/mol. The summed E-state index contributed by atoms with van der Waals surface area (Å²) in [5, 5.41) is 3.48. The number of fused-ring (bicyclic) bond motifs is 1. The standard InChI is InChI=1S/C18H22N4O2S/c1-3-21(4-2)18(24)20-17-19-14-10-11-22(12-15(14)25-17)16(23)13-8-6-5-7-9-13/h5-9H,3-4,10-12H2,1-2H3,(H,19,20,24). The van der Waals surface area contributed by atoms with Gasteiger partial charge in [0.2, 0.25) is 0 Å². The molecule has 0 saturated heterocycles. The van der Waals surface area contributed by atoms with Crippen molar-refractivity contribution in [1.29, 1.82) is 0 Å². The Bertz CT molecular complexity index is 756. The summed E-state index contributed by atoms with van der Waals surface area (Å²) in [7, 11) is 0. The summed E-state index contributed by atoms with van der Waals surface area (Å²) < 4.78 is 0. The number of amides is 3. The van der Waals surface area contributed by atoms with E-state index in [4.69, 9.17) is 0 Å². The number of nitrogens with zero attached hydrogens (tertiary/aromatic N) is 3. The van der Waals surface area contributed by atoms with Crippen LogP contribution in [0.2, 0.25) is 0 Å². The minimum Gasteiger partial charge on any atom is -0.333 e. The van der Waals surface area contributed by atoms with E-state index in [2.05, 4.69) is 10.3 Å². The number of thiazole rings is 1. The zero-order chi connectivity index (χ0) is 17.8. The van der Waals surface area contributed by atoms with E-state index >= 15 is 0 Å². The highest BCUT2D eigenvalue weighted by Crippen LogP contribution is 2.29. The van der Waals surface area contributed by atoms with Gasteiger partial charge in [0, 0.05) is 36.5 Å². The molecule has 3 amide bonds. The highest BCUT2D eigenvalue weighted by atomic mass is 32.1. The third kappa shape index (κ3) is 3.82. The molecule has 0 atom stereocenters. The Morgan fingerprint density at radius 1 is 1.24 bits per heavy atom. The molecule has 0 radical (unpaired) electrons. The van der Waals surface area contributed by atoms with Gasteiger partial charge < -0.3 is 9.80 Å². The third-order valence-corrected chi connectivity index (χ3v) is 5.30. The maximum absolute atomic E-state index is 12.6. The average molecular weight is 358 g/mol. The predicted octanol–water partition coefficient (Wildman–Crippen LogP) is 3.22. The average Bonchev–Trinajstić information content (AvgIpc) is 3.04. The van der Waals surface area contributed by atoms with Crippen molar-refractivity contribution in [3.63, 3.8) is 0 Å². The van der Waals surface area contributed by atoms with Gasteiger partial charge in [-0.2, -0.15) is 0 Å². The maximum Gasteiger partial charge on any atom is 0.323 e. The van der Waals surface area contributed by atoms with Crippen LogP contribution in [0.1, 0.15) is 34.8 Å². The van der Waals surface area contributed by atoms with Gasteiger partial charge in [0.25, 0.3) is 5.91 Å². The summed E-state index contributed by atoms with van der Waals surface area (Å²) in [5.41, 5.74) is 1.68. The summed E-state index contributed by atoms with van der Waals surface area (Å²) >= 11 is 1.45. The number of carbonyl (C=O) groups is 2. The van der Waals surface area contributed by atoms with Gasteiger partial charge in [0.1, 0.15) is 0 Å². The lowest BCUT2D eigenvalue weighted by molar-refractivity contribution is 0.0736. The summed E-state index contributed by atoms with van der Waals surface area (Å²) in [5.74, 6) is 0.0355. The minimum absolute atomic E-state index is 0.0355. The van der Waals surface area contributed by atoms with Crippen LogP contribution in [-0.2, 0) is 13.0 Å². The summed E-state index contributed by atoms with van der Waals surface area (Å²) in [6.45, 7) is 6.40. The number of hydrogen-bond acceptors (Lipinski definition) is 4. The Kier molecular flexibility index (Phi) is 5.33. The second kappa shape index (κ2) is 7.65. The molecular formula is C18H22N4O2S. The highest BCUT2D eigenvalue weighted by Gasteiger charge is 2.25. The van der Waals surface area contributed by atoms with E-state index in [1.807, 2.05) is 49.1 Å². The van der Waals surface area contributed by atoms with Gasteiger partial charge in [-0.25, -0.2) is 9.78 Å². The molecule has 132 valence electrons. The van der Waals surface area contributed by atoms with Gasteiger partial charge in [-0.15, -0.1) is 0 Å². The van der Waals surface area contributed by atoms with E-state index < -0.39 is 0 Å². The van der Waals surface area contributed by atoms with E-state index in [1.165, 1.54) is 11.3 Å². The van der Waals surface area contributed by atoms with Crippen molar-refractivity contribution in [2.45, 2.75) is 26.8 Å². The molecule has 1 N–H and O–H groups in total. The van der Waals surface area contributed by atoms with Crippen LogP contribution in [0.4, 0.5) is 9.93 Å². The zero-order valence-electron chi connectivity index (χ0n) is 14.5. The first-order valence-corrected chi connectivity index (χ1v) is 9.32. The molecule has 0 unspecified atom stereocenters. The van der Waals surface area contributed by atoms with Crippen LogP contribution in [0.5, 0.6) is 0 Å². The van der Waals surface area contributed by atoms with Crippen LogP contribution in [0, 0.1) is 0 Å². The first kappa shape index (κ1) is 17.4. The number of nitrogens with one attached hydrogen (secondary N) is 1. The Labute approximate surface area is 151 Å². The fourth-order valence-electron chi connectivity index (χ4n) is 2.87. The van der Waals surface area contributed by atoms with Crippen molar-refractivity contribution in [2.75, 3.05) is 25.0 Å². The highest BCUT2D eigenvalue weighted by molar-refractivity contribution is 7.15. The SMILES string of the molecule is CCN(CC)C(=O)Nc1nc2c(s1)CN(C(=O)c1ccccc1)CC2. The molecule has 1 aromatic carbocycles. The molecule has 3 rings (SSSR count). The van der Waals surface area contributed by atoms with Gasteiger partial charge in [0.15, 0.2) is 5.13 Å². The molecule has 1 aliphatic rings. The van der Waals surface area contributed by atoms with Crippen LogP contribution in [0.15, 0.2) is 30.3 Å². The maximum atomic E-state index is 12.6. The van der Waals surface area contributed by atoms with Crippen molar-refractivity contribution < 1.29 is 9.59 Å². The van der Waals surface area contributed by atoms with Gasteiger partial charge >= 0.3 is 6.03 Å². The molecule has 0 aliphatic carbocycles. The second-order valence-electron chi connectivity index (χ2n) is 5.83. The molecule has 0 spiro atoms. The Balaban J connectivity index is 1.69. The van der Waals surface area contributed by atoms with E-state index in [-0.39, 0.29) is 11.9 Å². The predicted molar refractivity (Wildman–Crippen MR) is 98.9 cm³/mol. The first-order valence-electron chi connectivity index (χ1n) is 8.51. The van der Waals surface area contributed by atoms with E-state index in [9.17, 15) is 9.59 Å². The summed E-state index contributed by atoms with van der Waals surface area (Å²) in [4.78, 5) is 33.9. The fraction of sp³-hybridized carbons (Fsp3) is 0.389. The molecule has 1 aliphatic heterocycles. The molecule has 7 heteroatoms. The number of rotatable bonds is 4. The molecule has 2 aromatic rings. The van der Waals surface area contributed by atoms with E-state index in [1.54, 1.807) is 4.90 Å². The summed E-state index contributed by atoms with van der Waals surface area (Å²) in [6.07, 6.45) is 0.714. The minimum atomic E-state index is -0.131. The number of hydrogen-bond donors (Lipinski definition) is 1. The molecule has 2 heterocycles. The lowest BCUT2D eigenvalue weighted by Crippen LogP contribution is -2.35. The van der Waals surface area contributed by atoms with Crippen LogP contribution >= 0.6 is 11.3 Å². The molecule has 6 nitrogen and oxygen atoms in total. The van der Waals surface area contributed by atoms with Crippen LogP contribution < -0.4 is 5.32 Å². The second-order valence-corrected chi connectivity index (χ2v) is 6.92. The van der Waals surface area contributed by atoms with Crippen LogP contribution in [-0.4, -0.2) is 46.4 Å². The Morgan fingerprint density at radius 2 is 1.96 bits per heavy atom. The molecule has 0 saturated carbocycles. The van der Waals surface area contributed by atoms with Gasteiger partial charge in [0.05, 0.1) is 12.2 Å². The fourth-order valence-corrected chi connectivity index (χ4v) is 3.88. The smallest absolute Gasteiger partial charge is 0.323 e. The number of aromatic nitrogens is 1. The topological polar surface area (TPSA) is 65.5 Å². The zero-order valence-corrected chi connectivity index (χ0v) is 15.3. The van der Waals surface area contributed by atoms with Crippen molar-refractivity contribution in [3.8, 4) is 0 Å². The summed E-state index contributed by atoms with van der Waals surface area (Å²) in [6, 6.07) is 9.18. The molecule has 0 bridgehead atoms. The lowest BCUT2D eigenvalue weighted by Gasteiger charge is -2.26. The van der Waals surface area contributed by atoms with Gasteiger partial charge in [-0.3, -0.25) is 10.1 Å². The van der Waals surface area contributed by atoms with E-state index in [0.29, 0.717) is 43.3 Å². The van der Waals surface area contributed by atoms with Gasteiger partial charge in [-0.1, -0.05) is 29.5 Å². The van der Waals surface area contributed by atoms with Crippen molar-refractivity contribution in [3.05, 3.63) is 46.5 Å². The van der Waals surface area contributed by atoms with Crippen molar-refractivity contribution in [2.24, 2.45) is 0 Å². The number of benzene rings is 1. The number of carbonyl (C=O) groups excluding carboxylic acids is 2. The van der Waals surface area contributed by atoms with Crippen LogP contribution in [0.25, 0.3) is 0 Å². The van der Waals surface area contributed by atoms with Crippen molar-refractivity contribution in [1.82, 2.24) is 14.8 Å². The molecule has 25 heavy (non-hydrogen) atoms. The van der Waals surface area contributed by atoms with Gasteiger partial charge in [-0.05, 0) is 26.0 Å². The number of urea groups is 1. The molecule has 1 aromatic heterocycles. The Hall–Kier alpha value is -2.41. The lowest BCUT2D eigenvalue weighted by atomic mass is 10.1. The monoisotopic (exact) mass is 358 g/mol. The normalized spacial score (nSPS) is 13.3. The quantitative estimate of drug-likeness (QED) is 0.913. The number of anilines is 1.